The van der Waals surface area contributed by atoms with E-state index in [-0.39, 0.29) is 12.5 Å². The molecule has 0 aliphatic carbocycles. The monoisotopic (exact) mass is 257 g/mol. The first kappa shape index (κ1) is 13.3. The molecule has 0 aliphatic rings. The molecule has 0 spiro atoms. The first-order valence-corrected chi connectivity index (χ1v) is 6.57. The zero-order valence-electron chi connectivity index (χ0n) is 11.4. The minimum Gasteiger partial charge on any atom is -0.376 e. The first-order chi connectivity index (χ1) is 9.20. The zero-order valence-corrected chi connectivity index (χ0v) is 11.4. The fourth-order valence-corrected chi connectivity index (χ4v) is 1.96. The summed E-state index contributed by atoms with van der Waals surface area (Å²) >= 11 is 0. The molecule has 0 unspecified atom stereocenters. The van der Waals surface area contributed by atoms with Gasteiger partial charge in [0.2, 0.25) is 5.91 Å². The number of para-hydroxylation sites is 1. The molecule has 4 nitrogen and oxygen atoms in total. The Kier molecular flexibility index (Phi) is 4.34. The number of rotatable bonds is 5. The summed E-state index contributed by atoms with van der Waals surface area (Å²) < 4.78 is 0. The molecule has 19 heavy (non-hydrogen) atoms. The molecular formula is C15H19N3O. The molecular weight excluding hydrogens is 238 g/mol. The van der Waals surface area contributed by atoms with Crippen molar-refractivity contribution in [2.75, 3.05) is 18.4 Å². The van der Waals surface area contributed by atoms with Crippen molar-refractivity contribution in [1.29, 1.82) is 0 Å². The highest BCUT2D eigenvalue weighted by Crippen LogP contribution is 2.22. The molecule has 2 aromatic rings. The van der Waals surface area contributed by atoms with Crippen LogP contribution in [0, 0.1) is 6.92 Å². The maximum absolute atomic E-state index is 11.6. The number of aromatic nitrogens is 1. The molecule has 4 heteroatoms. The van der Waals surface area contributed by atoms with Crippen LogP contribution < -0.4 is 10.6 Å². The maximum atomic E-state index is 11.6. The Hall–Kier alpha value is -2.10. The molecule has 0 radical (unpaired) electrons. The van der Waals surface area contributed by atoms with Gasteiger partial charge in [0.25, 0.3) is 0 Å². The van der Waals surface area contributed by atoms with Crippen LogP contribution in [0.5, 0.6) is 0 Å². The normalized spacial score (nSPS) is 10.4. The van der Waals surface area contributed by atoms with E-state index >= 15 is 0 Å². The van der Waals surface area contributed by atoms with Crippen LogP contribution in [-0.2, 0) is 4.79 Å². The SMILES string of the molecule is CCCNC(=O)CNc1cc(C)nc2ccccc12. The van der Waals surface area contributed by atoms with Gasteiger partial charge in [-0.2, -0.15) is 0 Å². The second-order valence-electron chi connectivity index (χ2n) is 4.53. The van der Waals surface area contributed by atoms with Crippen molar-refractivity contribution >= 4 is 22.5 Å². The fourth-order valence-electron chi connectivity index (χ4n) is 1.96. The molecule has 0 aliphatic heterocycles. The lowest BCUT2D eigenvalue weighted by Gasteiger charge is -2.10. The highest BCUT2D eigenvalue weighted by atomic mass is 16.1. The average molecular weight is 257 g/mol. The molecule has 1 amide bonds. The predicted octanol–water partition coefficient (Wildman–Crippen LogP) is 2.48. The number of hydrogen-bond acceptors (Lipinski definition) is 3. The van der Waals surface area contributed by atoms with Gasteiger partial charge in [0.15, 0.2) is 0 Å². The smallest absolute Gasteiger partial charge is 0.239 e. The van der Waals surface area contributed by atoms with Crippen molar-refractivity contribution in [2.24, 2.45) is 0 Å². The average Bonchev–Trinajstić information content (AvgIpc) is 2.42. The first-order valence-electron chi connectivity index (χ1n) is 6.57. The second-order valence-corrected chi connectivity index (χ2v) is 4.53. The number of anilines is 1. The number of nitrogens with one attached hydrogen (secondary N) is 2. The molecule has 100 valence electrons. The van der Waals surface area contributed by atoms with Gasteiger partial charge in [-0.1, -0.05) is 25.1 Å². The Morgan fingerprint density at radius 3 is 2.89 bits per heavy atom. The van der Waals surface area contributed by atoms with E-state index < -0.39 is 0 Å². The molecule has 0 atom stereocenters. The minimum absolute atomic E-state index is 0.0143. The molecule has 2 N–H and O–H groups in total. The van der Waals surface area contributed by atoms with Gasteiger partial charge in [0, 0.05) is 23.3 Å². The van der Waals surface area contributed by atoms with E-state index in [2.05, 4.69) is 15.6 Å². The summed E-state index contributed by atoms with van der Waals surface area (Å²) in [7, 11) is 0. The van der Waals surface area contributed by atoms with Gasteiger partial charge >= 0.3 is 0 Å². The molecule has 1 aromatic heterocycles. The third-order valence-electron chi connectivity index (χ3n) is 2.86. The number of amides is 1. The van der Waals surface area contributed by atoms with Crippen molar-refractivity contribution in [3.05, 3.63) is 36.0 Å². The van der Waals surface area contributed by atoms with Crippen LogP contribution in [0.15, 0.2) is 30.3 Å². The Morgan fingerprint density at radius 2 is 2.11 bits per heavy atom. The Bertz CT molecular complexity index is 581. The summed E-state index contributed by atoms with van der Waals surface area (Å²) in [5.74, 6) is 0.0143. The number of fused-ring (bicyclic) bond motifs is 1. The predicted molar refractivity (Wildman–Crippen MR) is 78.3 cm³/mol. The Labute approximate surface area is 113 Å². The van der Waals surface area contributed by atoms with Gasteiger partial charge in [0.1, 0.15) is 0 Å². The van der Waals surface area contributed by atoms with E-state index in [1.165, 1.54) is 0 Å². The van der Waals surface area contributed by atoms with Gasteiger partial charge in [-0.3, -0.25) is 9.78 Å². The van der Waals surface area contributed by atoms with Crippen molar-refractivity contribution < 1.29 is 4.79 Å². The van der Waals surface area contributed by atoms with Crippen molar-refractivity contribution in [3.8, 4) is 0 Å². The molecule has 0 saturated carbocycles. The molecule has 1 heterocycles. The number of carbonyl (C=O) groups excluding carboxylic acids is 1. The van der Waals surface area contributed by atoms with Gasteiger partial charge in [-0.15, -0.1) is 0 Å². The number of carbonyl (C=O) groups is 1. The Balaban J connectivity index is 2.14. The topological polar surface area (TPSA) is 54.0 Å². The van der Waals surface area contributed by atoms with Gasteiger partial charge < -0.3 is 10.6 Å². The number of nitrogens with zero attached hydrogens (tertiary/aromatic N) is 1. The van der Waals surface area contributed by atoms with E-state index in [0.717, 1.165) is 35.2 Å². The number of aryl methyl sites for hydroxylation is 1. The van der Waals surface area contributed by atoms with Crippen LogP contribution >= 0.6 is 0 Å². The zero-order chi connectivity index (χ0) is 13.7. The summed E-state index contributed by atoms with van der Waals surface area (Å²) in [5.41, 5.74) is 2.84. The summed E-state index contributed by atoms with van der Waals surface area (Å²) in [6.07, 6.45) is 0.947. The largest absolute Gasteiger partial charge is 0.376 e. The van der Waals surface area contributed by atoms with E-state index in [9.17, 15) is 4.79 Å². The van der Waals surface area contributed by atoms with Gasteiger partial charge in [0.05, 0.1) is 12.1 Å². The van der Waals surface area contributed by atoms with Crippen molar-refractivity contribution in [3.63, 3.8) is 0 Å². The number of pyridine rings is 1. The van der Waals surface area contributed by atoms with Gasteiger partial charge in [-0.05, 0) is 25.5 Å². The van der Waals surface area contributed by atoms with Crippen LogP contribution in [0.1, 0.15) is 19.0 Å². The third-order valence-corrected chi connectivity index (χ3v) is 2.86. The van der Waals surface area contributed by atoms with E-state index in [1.807, 2.05) is 44.2 Å². The molecule has 0 bridgehead atoms. The minimum atomic E-state index is 0.0143. The van der Waals surface area contributed by atoms with Crippen LogP contribution in [0.25, 0.3) is 10.9 Å². The number of benzene rings is 1. The van der Waals surface area contributed by atoms with E-state index in [1.54, 1.807) is 0 Å². The van der Waals surface area contributed by atoms with E-state index in [4.69, 9.17) is 0 Å². The lowest BCUT2D eigenvalue weighted by atomic mass is 10.1. The second kappa shape index (κ2) is 6.18. The highest BCUT2D eigenvalue weighted by molar-refractivity contribution is 5.93. The van der Waals surface area contributed by atoms with Crippen molar-refractivity contribution in [1.82, 2.24) is 10.3 Å². The maximum Gasteiger partial charge on any atom is 0.239 e. The highest BCUT2D eigenvalue weighted by Gasteiger charge is 2.05. The lowest BCUT2D eigenvalue weighted by molar-refractivity contribution is -0.119. The summed E-state index contributed by atoms with van der Waals surface area (Å²) in [6.45, 7) is 4.99. The van der Waals surface area contributed by atoms with Crippen LogP contribution in [-0.4, -0.2) is 24.0 Å². The van der Waals surface area contributed by atoms with Crippen LogP contribution in [0.2, 0.25) is 0 Å². The quantitative estimate of drug-likeness (QED) is 0.865. The summed E-state index contributed by atoms with van der Waals surface area (Å²) in [4.78, 5) is 16.1. The standard InChI is InChI=1S/C15H19N3O/c1-3-8-16-15(19)10-17-14-9-11(2)18-13-7-5-4-6-12(13)14/h4-7,9H,3,8,10H2,1-2H3,(H,16,19)(H,17,18). The fraction of sp³-hybridized carbons (Fsp3) is 0.333. The third kappa shape index (κ3) is 3.44. The molecule has 1 aromatic carbocycles. The summed E-state index contributed by atoms with van der Waals surface area (Å²) in [5, 5.41) is 7.07. The van der Waals surface area contributed by atoms with Crippen LogP contribution in [0.4, 0.5) is 5.69 Å². The molecule has 0 fully saturated rings. The summed E-state index contributed by atoms with van der Waals surface area (Å²) in [6, 6.07) is 9.89. The van der Waals surface area contributed by atoms with Gasteiger partial charge in [-0.25, -0.2) is 0 Å². The van der Waals surface area contributed by atoms with E-state index in [0.29, 0.717) is 0 Å². The lowest BCUT2D eigenvalue weighted by Crippen LogP contribution is -2.30. The number of hydrogen-bond donors (Lipinski definition) is 2. The van der Waals surface area contributed by atoms with Crippen LogP contribution in [0.3, 0.4) is 0 Å². The van der Waals surface area contributed by atoms with Crippen molar-refractivity contribution in [2.45, 2.75) is 20.3 Å². The molecule has 2 rings (SSSR count). The Morgan fingerprint density at radius 1 is 1.32 bits per heavy atom. The molecule has 0 saturated heterocycles.